The summed E-state index contributed by atoms with van der Waals surface area (Å²) in [5.74, 6) is -2.70. The normalized spacial score (nSPS) is 19.8. The van der Waals surface area contributed by atoms with Crippen molar-refractivity contribution in [2.45, 2.75) is 44.9 Å². The van der Waals surface area contributed by atoms with Crippen LogP contribution >= 0.6 is 0 Å². The minimum absolute atomic E-state index is 0.0499. The number of benzene rings is 2. The molecule has 0 aromatic heterocycles. The Kier molecular flexibility index (Phi) is 10.5. The summed E-state index contributed by atoms with van der Waals surface area (Å²) >= 11 is 0. The van der Waals surface area contributed by atoms with Crippen molar-refractivity contribution in [2.75, 3.05) is 38.6 Å². The summed E-state index contributed by atoms with van der Waals surface area (Å²) < 4.78 is 5.55. The molecule has 2 aliphatic heterocycles. The number of anilines is 1. The molecule has 2 atom stereocenters. The number of aliphatic carboxylic acids is 2. The number of nitrogens with zero attached hydrogens (tertiary/aromatic N) is 4. The molecule has 2 unspecified atom stereocenters. The lowest BCUT2D eigenvalue weighted by Gasteiger charge is -2.32. The number of rotatable bonds is 10. The number of allylic oxidation sites excluding steroid dienone is 1. The van der Waals surface area contributed by atoms with E-state index in [4.69, 9.17) is 4.74 Å². The van der Waals surface area contributed by atoms with Crippen LogP contribution in [0.25, 0.3) is 0 Å². The van der Waals surface area contributed by atoms with Gasteiger partial charge in [0.05, 0.1) is 12.7 Å². The van der Waals surface area contributed by atoms with Gasteiger partial charge in [0, 0.05) is 29.6 Å². The highest BCUT2D eigenvalue weighted by Crippen LogP contribution is 2.40. The predicted octanol–water partition coefficient (Wildman–Crippen LogP) is 4.42. The average Bonchev–Trinajstić information content (AvgIpc) is 2.99. The molecular weight excluding hydrogens is 548 g/mol. The Hall–Kier alpha value is -4.69. The van der Waals surface area contributed by atoms with Crippen molar-refractivity contribution < 1.29 is 24.5 Å². The van der Waals surface area contributed by atoms with Crippen molar-refractivity contribution in [2.24, 2.45) is 15.9 Å². The smallest absolute Gasteiger partial charge is 0.334 e. The number of piperidine rings is 1. The maximum absolute atomic E-state index is 12.2. The first kappa shape index (κ1) is 31.3. The number of guanidine groups is 1. The molecule has 2 aromatic carbocycles. The van der Waals surface area contributed by atoms with Gasteiger partial charge in [0.15, 0.2) is 6.19 Å². The monoisotopic (exact) mass is 586 g/mol. The Morgan fingerprint density at radius 1 is 1.14 bits per heavy atom. The van der Waals surface area contributed by atoms with E-state index in [-0.39, 0.29) is 17.2 Å². The molecule has 1 fully saturated rings. The van der Waals surface area contributed by atoms with Gasteiger partial charge in [-0.3, -0.25) is 20.1 Å². The molecule has 2 aliphatic rings. The molecule has 0 bridgehead atoms. The first-order chi connectivity index (χ1) is 20.7. The summed E-state index contributed by atoms with van der Waals surface area (Å²) in [6.07, 6.45) is 4.84. The fraction of sp³-hybridized carbons (Fsp3) is 0.406. The van der Waals surface area contributed by atoms with Crippen molar-refractivity contribution in [3.63, 3.8) is 0 Å². The zero-order chi connectivity index (χ0) is 30.9. The number of nitriles is 1. The highest BCUT2D eigenvalue weighted by atomic mass is 16.5. The van der Waals surface area contributed by atoms with Crippen LogP contribution in [0.3, 0.4) is 0 Å². The number of carboxylic acids is 2. The van der Waals surface area contributed by atoms with Gasteiger partial charge >= 0.3 is 11.9 Å². The largest absolute Gasteiger partial charge is 0.496 e. The second-order valence-electron chi connectivity index (χ2n) is 10.8. The van der Waals surface area contributed by atoms with E-state index in [1.54, 1.807) is 45.2 Å². The van der Waals surface area contributed by atoms with E-state index in [9.17, 15) is 25.1 Å². The number of aliphatic imine (C=N–C) groups is 2. The van der Waals surface area contributed by atoms with E-state index in [2.05, 4.69) is 37.7 Å². The molecule has 0 spiro atoms. The van der Waals surface area contributed by atoms with Crippen LogP contribution in [0.1, 0.15) is 56.1 Å². The third-order valence-electron chi connectivity index (χ3n) is 8.08. The minimum atomic E-state index is -1.21. The summed E-state index contributed by atoms with van der Waals surface area (Å²) in [6, 6.07) is 15.1. The summed E-state index contributed by atoms with van der Waals surface area (Å²) in [5, 5.41) is 34.8. The Morgan fingerprint density at radius 2 is 1.88 bits per heavy atom. The van der Waals surface area contributed by atoms with Crippen molar-refractivity contribution in [3.05, 3.63) is 70.9 Å². The summed E-state index contributed by atoms with van der Waals surface area (Å²) in [6.45, 7) is 6.55. The van der Waals surface area contributed by atoms with Gasteiger partial charge in [-0.15, -0.1) is 0 Å². The number of para-hydroxylation sites is 1. The lowest BCUT2D eigenvalue weighted by atomic mass is 9.75. The molecule has 2 heterocycles. The first-order valence-electron chi connectivity index (χ1n) is 14.4. The van der Waals surface area contributed by atoms with E-state index in [0.29, 0.717) is 29.4 Å². The number of hydrogen-bond donors (Lipinski definition) is 4. The Bertz CT molecular complexity index is 1470. The standard InChI is InChI=1S/C32H38N6O5/c1-20-27(30(39)40)29(28(31(41)42)21(2)36-20)23-8-6-9-24(18-23)37-32(35-19-33)34-14-7-15-38-16-12-22(13-17-38)25-10-4-5-11-26(25)43-3/h4-6,8-11,18,22,27,29H,7,12-17H2,1-3H3,(H,39,40)(H,41,42)(H2,34,35,37). The Morgan fingerprint density at radius 3 is 2.56 bits per heavy atom. The maximum atomic E-state index is 12.2. The molecule has 11 heteroatoms. The molecule has 0 saturated carbocycles. The second-order valence-corrected chi connectivity index (χ2v) is 10.8. The summed E-state index contributed by atoms with van der Waals surface area (Å²) in [7, 11) is 1.71. The minimum Gasteiger partial charge on any atom is -0.496 e. The van der Waals surface area contributed by atoms with Gasteiger partial charge in [-0.05, 0) is 88.0 Å². The van der Waals surface area contributed by atoms with Crippen LogP contribution in [0.4, 0.5) is 5.69 Å². The third kappa shape index (κ3) is 7.59. The van der Waals surface area contributed by atoms with Gasteiger partial charge in [-0.1, -0.05) is 30.3 Å². The number of nitrogens with one attached hydrogen (secondary N) is 2. The zero-order valence-corrected chi connectivity index (χ0v) is 24.7. The first-order valence-corrected chi connectivity index (χ1v) is 14.4. The maximum Gasteiger partial charge on any atom is 0.334 e. The number of ether oxygens (including phenoxy) is 1. The van der Waals surface area contributed by atoms with Crippen molar-refractivity contribution >= 4 is 29.3 Å². The lowest BCUT2D eigenvalue weighted by molar-refractivity contribution is -0.140. The number of carboxylic acid groups (broad SMARTS) is 2. The quantitative estimate of drug-likeness (QED) is 0.104. The van der Waals surface area contributed by atoms with E-state index >= 15 is 0 Å². The molecule has 226 valence electrons. The van der Waals surface area contributed by atoms with E-state index in [1.807, 2.05) is 18.3 Å². The molecule has 4 rings (SSSR count). The van der Waals surface area contributed by atoms with Crippen LogP contribution in [0.5, 0.6) is 5.75 Å². The molecule has 43 heavy (non-hydrogen) atoms. The molecule has 0 aliphatic carbocycles. The Balaban J connectivity index is 1.38. The van der Waals surface area contributed by atoms with Crippen LogP contribution in [0.15, 0.2) is 69.8 Å². The van der Waals surface area contributed by atoms with Gasteiger partial charge in [0.25, 0.3) is 0 Å². The number of hydrogen-bond acceptors (Lipinski definition) is 7. The van der Waals surface area contributed by atoms with Gasteiger partial charge in [0.1, 0.15) is 11.7 Å². The topological polar surface area (TPSA) is 160 Å². The zero-order valence-electron chi connectivity index (χ0n) is 24.7. The molecule has 0 amide bonds. The molecule has 11 nitrogen and oxygen atoms in total. The molecule has 1 saturated heterocycles. The van der Waals surface area contributed by atoms with Crippen molar-refractivity contribution in [1.82, 2.24) is 10.2 Å². The van der Waals surface area contributed by atoms with E-state index < -0.39 is 23.8 Å². The van der Waals surface area contributed by atoms with Crippen molar-refractivity contribution in [1.29, 1.82) is 5.26 Å². The van der Waals surface area contributed by atoms with Crippen LogP contribution in [0, 0.1) is 17.4 Å². The third-order valence-corrected chi connectivity index (χ3v) is 8.08. The van der Waals surface area contributed by atoms with E-state index in [1.165, 1.54) is 5.56 Å². The molecule has 2 aromatic rings. The lowest BCUT2D eigenvalue weighted by Crippen LogP contribution is -2.35. The van der Waals surface area contributed by atoms with Crippen LogP contribution in [-0.2, 0) is 9.59 Å². The summed E-state index contributed by atoms with van der Waals surface area (Å²) in [4.78, 5) is 35.5. The van der Waals surface area contributed by atoms with Crippen molar-refractivity contribution in [3.8, 4) is 11.9 Å². The van der Waals surface area contributed by atoms with Crippen LogP contribution in [0.2, 0.25) is 0 Å². The Labute approximate surface area is 251 Å². The highest BCUT2D eigenvalue weighted by Gasteiger charge is 2.41. The molecular formula is C32H38N6O5. The highest BCUT2D eigenvalue weighted by molar-refractivity contribution is 6.06. The fourth-order valence-corrected chi connectivity index (χ4v) is 6.06. The molecule has 4 N–H and O–H groups in total. The molecule has 0 radical (unpaired) electrons. The van der Waals surface area contributed by atoms with Gasteiger partial charge in [-0.25, -0.2) is 4.79 Å². The average molecular weight is 587 g/mol. The number of likely N-dealkylation sites (tertiary alicyclic amines) is 1. The van der Waals surface area contributed by atoms with Gasteiger partial charge < -0.3 is 25.2 Å². The van der Waals surface area contributed by atoms with Crippen LogP contribution in [-0.4, -0.2) is 72.0 Å². The number of methoxy groups -OCH3 is 1. The van der Waals surface area contributed by atoms with Gasteiger partial charge in [0.2, 0.25) is 5.96 Å². The fourth-order valence-electron chi connectivity index (χ4n) is 6.06. The van der Waals surface area contributed by atoms with Crippen LogP contribution < -0.4 is 15.4 Å². The summed E-state index contributed by atoms with van der Waals surface area (Å²) in [5.41, 5.74) is 2.90. The predicted molar refractivity (Wildman–Crippen MR) is 164 cm³/mol. The van der Waals surface area contributed by atoms with E-state index in [0.717, 1.165) is 44.6 Å². The van der Waals surface area contributed by atoms with Gasteiger partial charge in [-0.2, -0.15) is 5.26 Å². The number of carbonyl (C=O) groups is 2. The second kappa shape index (κ2) is 14.5. The SMILES string of the molecule is COc1ccccc1C1CCN(CCCN=C(NC#N)Nc2cccc(C3C(C(=O)O)=C(C)N=C(C)C3C(=O)O)c2)CC1.